The number of nitrogens with zero attached hydrogens (tertiary/aromatic N) is 3. The maximum Gasteiger partial charge on any atom is 0.251 e. The number of anilines is 1. The smallest absolute Gasteiger partial charge is 0.251 e. The zero-order chi connectivity index (χ0) is 26.3. The highest BCUT2D eigenvalue weighted by atomic mass is 32.2. The first-order valence-corrected chi connectivity index (χ1v) is 15.2. The van der Waals surface area contributed by atoms with Gasteiger partial charge in [-0.2, -0.15) is 0 Å². The molecule has 5 rings (SSSR count). The van der Waals surface area contributed by atoms with Crippen LogP contribution in [0.2, 0.25) is 0 Å². The van der Waals surface area contributed by atoms with Gasteiger partial charge in [0.15, 0.2) is 15.0 Å². The SMILES string of the molecule is CCS(=O)(=O)c1ccc(CC(=O)Nc2nc3c(s2)CN(Cc2ccn(C4CC4)c(=O)c2)[C@H]3C(C)C)cc1. The van der Waals surface area contributed by atoms with Crippen molar-refractivity contribution in [3.05, 3.63) is 74.6 Å². The first-order valence-electron chi connectivity index (χ1n) is 12.7. The van der Waals surface area contributed by atoms with Crippen LogP contribution in [0.3, 0.4) is 0 Å². The molecule has 1 atom stereocenters. The van der Waals surface area contributed by atoms with Crippen LogP contribution in [0, 0.1) is 5.92 Å². The third kappa shape index (κ3) is 5.56. The van der Waals surface area contributed by atoms with Crippen molar-refractivity contribution in [2.24, 2.45) is 5.92 Å². The lowest BCUT2D eigenvalue weighted by Gasteiger charge is -2.27. The van der Waals surface area contributed by atoms with E-state index in [9.17, 15) is 18.0 Å². The molecule has 1 N–H and O–H groups in total. The minimum Gasteiger partial charge on any atom is -0.312 e. The van der Waals surface area contributed by atoms with Crippen molar-refractivity contribution >= 4 is 32.2 Å². The van der Waals surface area contributed by atoms with Crippen molar-refractivity contribution in [1.82, 2.24) is 14.5 Å². The number of benzene rings is 1. The lowest BCUT2D eigenvalue weighted by atomic mass is 10.0. The minimum atomic E-state index is -3.26. The van der Waals surface area contributed by atoms with Crippen LogP contribution >= 0.6 is 11.3 Å². The predicted octanol–water partition coefficient (Wildman–Crippen LogP) is 4.33. The fraction of sp³-hybridized carbons (Fsp3) is 0.444. The molecule has 2 aromatic heterocycles. The molecule has 8 nitrogen and oxygen atoms in total. The van der Waals surface area contributed by atoms with Gasteiger partial charge in [-0.05, 0) is 48.1 Å². The predicted molar refractivity (Wildman–Crippen MR) is 144 cm³/mol. The first-order chi connectivity index (χ1) is 17.6. The van der Waals surface area contributed by atoms with Crippen LogP contribution in [-0.4, -0.2) is 34.5 Å². The second-order valence-electron chi connectivity index (χ2n) is 10.2. The summed E-state index contributed by atoms with van der Waals surface area (Å²) in [5.74, 6) is 0.172. The average Bonchev–Trinajstić information content (AvgIpc) is 3.53. The molecule has 0 bridgehead atoms. The van der Waals surface area contributed by atoms with Gasteiger partial charge in [-0.1, -0.05) is 32.9 Å². The summed E-state index contributed by atoms with van der Waals surface area (Å²) in [4.78, 5) is 33.7. The Hall–Kier alpha value is -2.82. The Kier molecular flexibility index (Phi) is 7.08. The summed E-state index contributed by atoms with van der Waals surface area (Å²) in [6, 6.07) is 10.7. The van der Waals surface area contributed by atoms with E-state index in [-0.39, 0.29) is 34.6 Å². The molecule has 3 heterocycles. The highest BCUT2D eigenvalue weighted by Gasteiger charge is 2.36. The molecule has 0 spiro atoms. The Bertz CT molecular complexity index is 1470. The van der Waals surface area contributed by atoms with E-state index < -0.39 is 9.84 Å². The van der Waals surface area contributed by atoms with Crippen LogP contribution < -0.4 is 10.9 Å². The number of hydrogen-bond donors (Lipinski definition) is 1. The summed E-state index contributed by atoms with van der Waals surface area (Å²) in [5.41, 5.74) is 2.82. The van der Waals surface area contributed by atoms with Gasteiger partial charge in [0.25, 0.3) is 5.56 Å². The number of nitrogens with one attached hydrogen (secondary N) is 1. The van der Waals surface area contributed by atoms with Gasteiger partial charge in [-0.3, -0.25) is 14.5 Å². The maximum atomic E-state index is 12.7. The summed E-state index contributed by atoms with van der Waals surface area (Å²) in [6.45, 7) is 7.34. The monoisotopic (exact) mass is 540 g/mol. The third-order valence-corrected chi connectivity index (χ3v) is 9.71. The van der Waals surface area contributed by atoms with Gasteiger partial charge in [0.1, 0.15) is 0 Å². The molecule has 2 aliphatic rings. The van der Waals surface area contributed by atoms with Gasteiger partial charge in [0.2, 0.25) is 5.91 Å². The number of fused-ring (bicyclic) bond motifs is 1. The van der Waals surface area contributed by atoms with E-state index in [1.165, 1.54) is 11.3 Å². The highest BCUT2D eigenvalue weighted by Crippen LogP contribution is 2.43. The van der Waals surface area contributed by atoms with E-state index in [2.05, 4.69) is 24.1 Å². The van der Waals surface area contributed by atoms with Crippen molar-refractivity contribution in [2.75, 3.05) is 11.1 Å². The standard InChI is InChI=1S/C27H32N4O4S2/c1-4-37(34,35)21-9-5-18(6-10-21)13-23(32)28-27-29-25-22(36-27)16-30(26(25)17(2)3)15-19-11-12-31(20-7-8-20)24(33)14-19/h5-6,9-12,14,17,20,26H,4,7-8,13,15-16H2,1-3H3,(H,28,29,32)/t26-/m0/s1. The van der Waals surface area contributed by atoms with Crippen LogP contribution in [0.4, 0.5) is 5.13 Å². The van der Waals surface area contributed by atoms with Gasteiger partial charge in [0.05, 0.1) is 28.8 Å². The summed E-state index contributed by atoms with van der Waals surface area (Å²) >= 11 is 1.49. The molecule has 10 heteroatoms. The Labute approximate surface area is 221 Å². The number of aromatic nitrogens is 2. The zero-order valence-corrected chi connectivity index (χ0v) is 22.9. The van der Waals surface area contributed by atoms with E-state index in [4.69, 9.17) is 4.98 Å². The van der Waals surface area contributed by atoms with Gasteiger partial charge in [-0.15, -0.1) is 11.3 Å². The van der Waals surface area contributed by atoms with Gasteiger partial charge in [0, 0.05) is 36.3 Å². The Balaban J connectivity index is 1.24. The largest absolute Gasteiger partial charge is 0.312 e. The fourth-order valence-electron chi connectivity index (χ4n) is 4.96. The molecule has 1 saturated carbocycles. The van der Waals surface area contributed by atoms with Crippen LogP contribution in [0.5, 0.6) is 0 Å². The van der Waals surface area contributed by atoms with E-state index in [0.29, 0.717) is 23.6 Å². The van der Waals surface area contributed by atoms with Crippen LogP contribution in [0.15, 0.2) is 52.3 Å². The molecule has 0 unspecified atom stereocenters. The average molecular weight is 541 g/mol. The molecular weight excluding hydrogens is 508 g/mol. The molecule has 1 amide bonds. The summed E-state index contributed by atoms with van der Waals surface area (Å²) in [7, 11) is -3.26. The number of thiazole rings is 1. The molecule has 1 aliphatic heterocycles. The fourth-order valence-corrected chi connectivity index (χ4v) is 6.88. The van der Waals surface area contributed by atoms with Crippen molar-refractivity contribution in [1.29, 1.82) is 0 Å². The number of amides is 1. The number of carbonyl (C=O) groups excluding carboxylic acids is 1. The van der Waals surface area contributed by atoms with Crippen LogP contribution in [0.1, 0.15) is 67.4 Å². The van der Waals surface area contributed by atoms with Crippen molar-refractivity contribution < 1.29 is 13.2 Å². The lowest BCUT2D eigenvalue weighted by Crippen LogP contribution is -2.27. The molecule has 1 aliphatic carbocycles. The molecular formula is C27H32N4O4S2. The van der Waals surface area contributed by atoms with Crippen molar-refractivity contribution in [3.63, 3.8) is 0 Å². The highest BCUT2D eigenvalue weighted by molar-refractivity contribution is 7.91. The quantitative estimate of drug-likeness (QED) is 0.434. The van der Waals surface area contributed by atoms with Gasteiger partial charge >= 0.3 is 0 Å². The molecule has 1 fully saturated rings. The van der Waals surface area contributed by atoms with Crippen molar-refractivity contribution in [2.45, 2.75) is 70.1 Å². The molecule has 0 radical (unpaired) electrons. The lowest BCUT2D eigenvalue weighted by molar-refractivity contribution is -0.115. The van der Waals surface area contributed by atoms with E-state index in [1.807, 2.05) is 16.8 Å². The minimum absolute atomic E-state index is 0.0434. The second-order valence-corrected chi connectivity index (χ2v) is 13.6. The van der Waals surface area contributed by atoms with Gasteiger partial charge in [-0.25, -0.2) is 13.4 Å². The Morgan fingerprint density at radius 1 is 1.16 bits per heavy atom. The Morgan fingerprint density at radius 3 is 2.51 bits per heavy atom. The van der Waals surface area contributed by atoms with Gasteiger partial charge < -0.3 is 9.88 Å². The maximum absolute atomic E-state index is 12.7. The number of rotatable bonds is 9. The first kappa shape index (κ1) is 25.8. The van der Waals surface area contributed by atoms with E-state index in [1.54, 1.807) is 37.3 Å². The summed E-state index contributed by atoms with van der Waals surface area (Å²) < 4.78 is 25.8. The van der Waals surface area contributed by atoms with E-state index in [0.717, 1.165) is 41.1 Å². The normalized spacial score (nSPS) is 17.8. The summed E-state index contributed by atoms with van der Waals surface area (Å²) in [6.07, 6.45) is 4.23. The summed E-state index contributed by atoms with van der Waals surface area (Å²) in [5, 5.41) is 3.50. The molecule has 3 aromatic rings. The third-order valence-electron chi connectivity index (χ3n) is 6.99. The molecule has 37 heavy (non-hydrogen) atoms. The second kappa shape index (κ2) is 10.2. The van der Waals surface area contributed by atoms with Crippen molar-refractivity contribution in [3.8, 4) is 0 Å². The Morgan fingerprint density at radius 2 is 1.89 bits per heavy atom. The number of pyridine rings is 1. The van der Waals surface area contributed by atoms with E-state index >= 15 is 0 Å². The molecule has 0 saturated heterocycles. The number of sulfone groups is 1. The topological polar surface area (TPSA) is 101 Å². The van der Waals surface area contributed by atoms with Crippen LogP contribution in [-0.2, 0) is 34.1 Å². The zero-order valence-electron chi connectivity index (χ0n) is 21.3. The molecule has 196 valence electrons. The van der Waals surface area contributed by atoms with Crippen LogP contribution in [0.25, 0.3) is 0 Å². The number of carbonyl (C=O) groups is 1. The molecule has 1 aromatic carbocycles. The number of hydrogen-bond acceptors (Lipinski definition) is 7.